The van der Waals surface area contributed by atoms with Crippen LogP contribution in [0.25, 0.3) is 10.9 Å². The predicted octanol–water partition coefficient (Wildman–Crippen LogP) is 1.23. The van der Waals surface area contributed by atoms with E-state index in [-0.39, 0.29) is 11.5 Å². The third kappa shape index (κ3) is 1.69. The van der Waals surface area contributed by atoms with Crippen LogP contribution in [-0.4, -0.2) is 29.9 Å². The molecule has 1 N–H and O–H groups in total. The van der Waals surface area contributed by atoms with E-state index in [2.05, 4.69) is 4.98 Å². The average molecular weight is 216 g/mol. The number of H-pyrrole nitrogens is 1. The van der Waals surface area contributed by atoms with Crippen LogP contribution in [0.4, 0.5) is 0 Å². The Bertz CT molecular complexity index is 599. The summed E-state index contributed by atoms with van der Waals surface area (Å²) in [5.41, 5.74) is 0.855. The van der Waals surface area contributed by atoms with Crippen LogP contribution in [0, 0.1) is 0 Å². The Hall–Kier alpha value is -2.10. The highest BCUT2D eigenvalue weighted by atomic mass is 16.2. The lowest BCUT2D eigenvalue weighted by atomic mass is 10.1. The van der Waals surface area contributed by atoms with E-state index in [1.165, 1.54) is 11.0 Å². The monoisotopic (exact) mass is 216 g/mol. The zero-order valence-corrected chi connectivity index (χ0v) is 9.15. The second-order valence-corrected chi connectivity index (χ2v) is 3.79. The van der Waals surface area contributed by atoms with Gasteiger partial charge in [0.25, 0.3) is 5.91 Å². The number of fused-ring (bicyclic) bond motifs is 1. The minimum atomic E-state index is -0.260. The molecule has 0 saturated carbocycles. The zero-order chi connectivity index (χ0) is 11.7. The van der Waals surface area contributed by atoms with Crippen molar-refractivity contribution < 1.29 is 4.79 Å². The number of pyridine rings is 1. The molecule has 2 aromatic rings. The first-order valence-corrected chi connectivity index (χ1v) is 4.93. The first-order valence-electron chi connectivity index (χ1n) is 4.93. The normalized spacial score (nSPS) is 10.4. The minimum absolute atomic E-state index is 0.165. The molecular formula is C12H12N2O2. The van der Waals surface area contributed by atoms with Gasteiger partial charge in [0, 0.05) is 31.1 Å². The molecule has 0 aliphatic carbocycles. The van der Waals surface area contributed by atoms with Gasteiger partial charge in [-0.2, -0.15) is 0 Å². The van der Waals surface area contributed by atoms with Gasteiger partial charge in [-0.3, -0.25) is 9.59 Å². The van der Waals surface area contributed by atoms with Crippen molar-refractivity contribution in [2.24, 2.45) is 0 Å². The molecule has 1 amide bonds. The number of benzene rings is 1. The molecule has 0 saturated heterocycles. The topological polar surface area (TPSA) is 53.2 Å². The third-order valence-corrected chi connectivity index (χ3v) is 2.39. The summed E-state index contributed by atoms with van der Waals surface area (Å²) in [5.74, 6) is -0.165. The Morgan fingerprint density at radius 3 is 2.62 bits per heavy atom. The summed E-state index contributed by atoms with van der Waals surface area (Å²) in [6, 6.07) is 8.60. The van der Waals surface area contributed by atoms with E-state index in [0.29, 0.717) is 11.1 Å². The summed E-state index contributed by atoms with van der Waals surface area (Å²) in [6.07, 6.45) is 0. The highest BCUT2D eigenvalue weighted by molar-refractivity contribution is 6.05. The zero-order valence-electron chi connectivity index (χ0n) is 9.15. The Morgan fingerprint density at radius 1 is 1.25 bits per heavy atom. The maximum Gasteiger partial charge on any atom is 0.254 e. The Morgan fingerprint density at radius 2 is 1.94 bits per heavy atom. The Kier molecular flexibility index (Phi) is 2.48. The van der Waals surface area contributed by atoms with E-state index in [0.717, 1.165) is 5.39 Å². The number of carbonyl (C=O) groups is 1. The van der Waals surface area contributed by atoms with Crippen LogP contribution >= 0.6 is 0 Å². The second kappa shape index (κ2) is 3.81. The molecule has 0 unspecified atom stereocenters. The molecule has 0 fully saturated rings. The van der Waals surface area contributed by atoms with Crippen molar-refractivity contribution in [2.45, 2.75) is 0 Å². The molecule has 4 heteroatoms. The van der Waals surface area contributed by atoms with Crippen molar-refractivity contribution in [1.29, 1.82) is 0 Å². The first kappa shape index (κ1) is 10.4. The van der Waals surface area contributed by atoms with Crippen molar-refractivity contribution in [1.82, 2.24) is 9.88 Å². The molecule has 0 spiro atoms. The SMILES string of the molecule is CN(C)C(=O)c1cc(=O)[nH]c2ccccc12. The van der Waals surface area contributed by atoms with E-state index in [9.17, 15) is 9.59 Å². The number of amides is 1. The molecule has 1 aromatic heterocycles. The number of nitrogens with one attached hydrogen (secondary N) is 1. The number of hydrogen-bond acceptors (Lipinski definition) is 2. The van der Waals surface area contributed by atoms with Gasteiger partial charge in [0.1, 0.15) is 0 Å². The molecule has 1 heterocycles. The number of nitrogens with zero attached hydrogens (tertiary/aromatic N) is 1. The predicted molar refractivity (Wildman–Crippen MR) is 62.6 cm³/mol. The summed E-state index contributed by atoms with van der Waals surface area (Å²) < 4.78 is 0. The number of hydrogen-bond donors (Lipinski definition) is 1. The van der Waals surface area contributed by atoms with Crippen molar-refractivity contribution in [3.63, 3.8) is 0 Å². The summed E-state index contributed by atoms with van der Waals surface area (Å²) in [7, 11) is 3.33. The van der Waals surface area contributed by atoms with E-state index < -0.39 is 0 Å². The summed E-state index contributed by atoms with van der Waals surface area (Å²) in [4.78, 5) is 27.4. The smallest absolute Gasteiger partial charge is 0.254 e. The number of aromatic amines is 1. The minimum Gasteiger partial charge on any atom is -0.345 e. The van der Waals surface area contributed by atoms with Gasteiger partial charge in [-0.25, -0.2) is 0 Å². The van der Waals surface area contributed by atoms with Gasteiger partial charge in [-0.15, -0.1) is 0 Å². The van der Waals surface area contributed by atoms with Gasteiger partial charge in [-0.05, 0) is 6.07 Å². The molecule has 0 radical (unpaired) electrons. The fourth-order valence-corrected chi connectivity index (χ4v) is 1.62. The number of aromatic nitrogens is 1. The summed E-state index contributed by atoms with van der Waals surface area (Å²) >= 11 is 0. The van der Waals surface area contributed by atoms with Crippen molar-refractivity contribution >= 4 is 16.8 Å². The van der Waals surface area contributed by atoms with Crippen LogP contribution in [0.2, 0.25) is 0 Å². The summed E-state index contributed by atoms with van der Waals surface area (Å²) in [5, 5.41) is 0.765. The van der Waals surface area contributed by atoms with Crippen LogP contribution in [0.15, 0.2) is 35.1 Å². The van der Waals surface area contributed by atoms with Crippen LogP contribution in [0.3, 0.4) is 0 Å². The molecule has 16 heavy (non-hydrogen) atoms. The van der Waals surface area contributed by atoms with E-state index in [1.807, 2.05) is 18.2 Å². The fraction of sp³-hybridized carbons (Fsp3) is 0.167. The van der Waals surface area contributed by atoms with Gasteiger partial charge in [0.05, 0.1) is 5.56 Å². The average Bonchev–Trinajstić information content (AvgIpc) is 2.26. The van der Waals surface area contributed by atoms with Crippen LogP contribution in [0.1, 0.15) is 10.4 Å². The van der Waals surface area contributed by atoms with Crippen LogP contribution in [0.5, 0.6) is 0 Å². The highest BCUT2D eigenvalue weighted by Gasteiger charge is 2.12. The van der Waals surface area contributed by atoms with Gasteiger partial charge in [-0.1, -0.05) is 18.2 Å². The molecule has 0 aliphatic rings. The molecule has 1 aromatic carbocycles. The van der Waals surface area contributed by atoms with Crippen molar-refractivity contribution in [3.05, 3.63) is 46.2 Å². The molecule has 0 aliphatic heterocycles. The quantitative estimate of drug-likeness (QED) is 0.779. The van der Waals surface area contributed by atoms with E-state index in [4.69, 9.17) is 0 Å². The standard InChI is InChI=1S/C12H12N2O2/c1-14(2)12(16)9-7-11(15)13-10-6-4-3-5-8(9)10/h3-7H,1-2H3,(H,13,15). The molecular weight excluding hydrogens is 204 g/mol. The fourth-order valence-electron chi connectivity index (χ4n) is 1.62. The number of para-hydroxylation sites is 1. The van der Waals surface area contributed by atoms with Crippen molar-refractivity contribution in [3.8, 4) is 0 Å². The lowest BCUT2D eigenvalue weighted by Crippen LogP contribution is -2.23. The molecule has 82 valence electrons. The largest absolute Gasteiger partial charge is 0.345 e. The maximum absolute atomic E-state index is 11.9. The van der Waals surface area contributed by atoms with Gasteiger partial charge in [0.2, 0.25) is 5.56 Å². The van der Waals surface area contributed by atoms with Crippen molar-refractivity contribution in [2.75, 3.05) is 14.1 Å². The number of carbonyl (C=O) groups excluding carboxylic acids is 1. The summed E-state index contributed by atoms with van der Waals surface area (Å²) in [6.45, 7) is 0. The molecule has 4 nitrogen and oxygen atoms in total. The van der Waals surface area contributed by atoms with Crippen LogP contribution in [-0.2, 0) is 0 Å². The van der Waals surface area contributed by atoms with E-state index >= 15 is 0 Å². The molecule has 0 bridgehead atoms. The molecule has 2 rings (SSSR count). The second-order valence-electron chi connectivity index (χ2n) is 3.79. The Balaban J connectivity index is 2.78. The van der Waals surface area contributed by atoms with Gasteiger partial charge < -0.3 is 9.88 Å². The van der Waals surface area contributed by atoms with E-state index in [1.54, 1.807) is 20.2 Å². The lowest BCUT2D eigenvalue weighted by molar-refractivity contribution is 0.0829. The van der Waals surface area contributed by atoms with Gasteiger partial charge in [0.15, 0.2) is 0 Å². The highest BCUT2D eigenvalue weighted by Crippen LogP contribution is 2.15. The molecule has 0 atom stereocenters. The van der Waals surface area contributed by atoms with Gasteiger partial charge >= 0.3 is 0 Å². The lowest BCUT2D eigenvalue weighted by Gasteiger charge is -2.11. The van der Waals surface area contributed by atoms with Crippen LogP contribution < -0.4 is 5.56 Å². The first-order chi connectivity index (χ1) is 7.59. The maximum atomic E-state index is 11.9. The number of rotatable bonds is 1. The third-order valence-electron chi connectivity index (χ3n) is 2.39. The Labute approximate surface area is 92.5 Å².